The minimum Gasteiger partial charge on any atom is -0.499 e. The fraction of sp³-hybridized carbons (Fsp3) is 0.406. The van der Waals surface area contributed by atoms with Gasteiger partial charge in [0.05, 0.1) is 18.4 Å². The van der Waals surface area contributed by atoms with Gasteiger partial charge in [0.25, 0.3) is 5.56 Å². The molecule has 0 aliphatic carbocycles. The van der Waals surface area contributed by atoms with E-state index in [-0.39, 0.29) is 11.6 Å². The zero-order valence-electron chi connectivity index (χ0n) is 22.9. The van der Waals surface area contributed by atoms with Gasteiger partial charge in [-0.25, -0.2) is 0 Å². The Balaban J connectivity index is 0.00000145. The van der Waals surface area contributed by atoms with Crippen LogP contribution in [-0.4, -0.2) is 11.2 Å². The van der Waals surface area contributed by atoms with E-state index in [0.717, 1.165) is 59.4 Å². The third-order valence-electron chi connectivity index (χ3n) is 5.73. The van der Waals surface area contributed by atoms with Crippen molar-refractivity contribution in [3.05, 3.63) is 117 Å². The number of hydrogen-bond acceptors (Lipinski definition) is 2. The lowest BCUT2D eigenvalue weighted by Crippen LogP contribution is -2.32. The summed E-state index contributed by atoms with van der Waals surface area (Å²) in [5.41, 5.74) is 5.37. The second kappa shape index (κ2) is 16.5. The molecule has 0 saturated carbocycles. The Bertz CT molecular complexity index is 1010. The van der Waals surface area contributed by atoms with Crippen LogP contribution in [0.2, 0.25) is 0 Å². The van der Waals surface area contributed by atoms with E-state index in [1.807, 2.05) is 82.5 Å². The largest absolute Gasteiger partial charge is 0.499 e. The van der Waals surface area contributed by atoms with Gasteiger partial charge in [-0.1, -0.05) is 102 Å². The van der Waals surface area contributed by atoms with Gasteiger partial charge in [0.15, 0.2) is 0 Å². The van der Waals surface area contributed by atoms with E-state index < -0.39 is 0 Å². The Hall–Kier alpha value is -3.07. The molecule has 0 saturated heterocycles. The lowest BCUT2D eigenvalue weighted by molar-refractivity contribution is 0.219. The fourth-order valence-corrected chi connectivity index (χ4v) is 4.26. The van der Waals surface area contributed by atoms with Crippen molar-refractivity contribution in [3.63, 3.8) is 0 Å². The third kappa shape index (κ3) is 8.28. The predicted octanol–water partition coefficient (Wildman–Crippen LogP) is 8.28. The van der Waals surface area contributed by atoms with Crippen LogP contribution < -0.4 is 5.56 Å². The predicted molar refractivity (Wildman–Crippen MR) is 151 cm³/mol. The molecule has 3 aromatic rings. The summed E-state index contributed by atoms with van der Waals surface area (Å²) >= 11 is 0. The number of benzene rings is 2. The van der Waals surface area contributed by atoms with Crippen molar-refractivity contribution >= 4 is 0 Å². The monoisotopic (exact) mass is 475 g/mol. The van der Waals surface area contributed by atoms with Gasteiger partial charge in [-0.3, -0.25) is 4.79 Å². The van der Waals surface area contributed by atoms with Gasteiger partial charge in [-0.2, -0.15) is 0 Å². The summed E-state index contributed by atoms with van der Waals surface area (Å²) in [6.07, 6.45) is 3.20. The molecule has 0 N–H and O–H groups in total. The van der Waals surface area contributed by atoms with Crippen LogP contribution in [0.4, 0.5) is 0 Å². The second-order valence-electron chi connectivity index (χ2n) is 7.87. The minimum absolute atomic E-state index is 0.108. The SMILES string of the molecule is C=C(CCCc1c(CC)cc(C)n(C(c2ccccc2)c2ccccc2)c1=O)OCC.CC.CC. The molecule has 0 aliphatic rings. The molecule has 3 nitrogen and oxygen atoms in total. The summed E-state index contributed by atoms with van der Waals surface area (Å²) in [5, 5.41) is 0. The highest BCUT2D eigenvalue weighted by atomic mass is 16.5. The summed E-state index contributed by atoms with van der Waals surface area (Å²) in [5.74, 6) is 0.791. The number of ether oxygens (including phenoxy) is 1. The first-order chi connectivity index (χ1) is 17.1. The summed E-state index contributed by atoms with van der Waals surface area (Å²) in [6, 6.07) is 22.6. The molecular weight excluding hydrogens is 430 g/mol. The molecule has 1 aromatic heterocycles. The van der Waals surface area contributed by atoms with Gasteiger partial charge in [-0.05, 0) is 55.9 Å². The molecule has 1 heterocycles. The van der Waals surface area contributed by atoms with E-state index in [9.17, 15) is 4.79 Å². The Morgan fingerprint density at radius 3 is 1.89 bits per heavy atom. The van der Waals surface area contributed by atoms with Crippen molar-refractivity contribution in [1.29, 1.82) is 0 Å². The molecule has 0 radical (unpaired) electrons. The maximum absolute atomic E-state index is 13.9. The highest BCUT2D eigenvalue weighted by Gasteiger charge is 2.22. The maximum Gasteiger partial charge on any atom is 0.255 e. The Kier molecular flexibility index (Phi) is 14.2. The number of aryl methyl sites for hydroxylation is 2. The van der Waals surface area contributed by atoms with Crippen LogP contribution in [0.5, 0.6) is 0 Å². The number of pyridine rings is 1. The van der Waals surface area contributed by atoms with Crippen LogP contribution in [-0.2, 0) is 17.6 Å². The molecule has 3 heteroatoms. The fourth-order valence-electron chi connectivity index (χ4n) is 4.26. The average molecular weight is 476 g/mol. The molecule has 0 atom stereocenters. The molecule has 0 bridgehead atoms. The molecule has 0 aliphatic heterocycles. The maximum atomic E-state index is 13.9. The van der Waals surface area contributed by atoms with E-state index in [1.165, 1.54) is 0 Å². The van der Waals surface area contributed by atoms with Crippen molar-refractivity contribution in [1.82, 2.24) is 4.57 Å². The smallest absolute Gasteiger partial charge is 0.255 e. The topological polar surface area (TPSA) is 31.2 Å². The zero-order valence-corrected chi connectivity index (χ0v) is 22.9. The number of hydrogen-bond donors (Lipinski definition) is 0. The summed E-state index contributed by atoms with van der Waals surface area (Å²) in [6.45, 7) is 18.7. The van der Waals surface area contributed by atoms with E-state index >= 15 is 0 Å². The van der Waals surface area contributed by atoms with Gasteiger partial charge in [0.2, 0.25) is 0 Å². The molecular formula is C32H45NO2. The molecule has 190 valence electrons. The normalized spacial score (nSPS) is 10.1. The highest BCUT2D eigenvalue weighted by molar-refractivity contribution is 5.36. The summed E-state index contributed by atoms with van der Waals surface area (Å²) < 4.78 is 7.45. The Labute approximate surface area is 213 Å². The van der Waals surface area contributed by atoms with Crippen LogP contribution in [0.1, 0.15) is 88.4 Å². The number of nitrogens with zero attached hydrogens (tertiary/aromatic N) is 1. The first-order valence-electron chi connectivity index (χ1n) is 13.2. The van der Waals surface area contributed by atoms with Crippen LogP contribution in [0, 0.1) is 6.92 Å². The minimum atomic E-state index is -0.155. The van der Waals surface area contributed by atoms with Crippen molar-refractivity contribution in [2.45, 2.75) is 80.2 Å². The Morgan fingerprint density at radius 1 is 0.914 bits per heavy atom. The third-order valence-corrected chi connectivity index (χ3v) is 5.73. The van der Waals surface area contributed by atoms with Crippen LogP contribution in [0.15, 0.2) is 83.9 Å². The number of rotatable bonds is 10. The first kappa shape index (κ1) is 30.0. The summed E-state index contributed by atoms with van der Waals surface area (Å²) in [4.78, 5) is 13.9. The van der Waals surface area contributed by atoms with Crippen LogP contribution >= 0.6 is 0 Å². The zero-order chi connectivity index (χ0) is 26.2. The lowest BCUT2D eigenvalue weighted by Gasteiger charge is -2.25. The molecule has 2 aromatic carbocycles. The van der Waals surface area contributed by atoms with Gasteiger partial charge in [-0.15, -0.1) is 0 Å². The van der Waals surface area contributed by atoms with Crippen molar-refractivity contribution in [3.8, 4) is 0 Å². The van der Waals surface area contributed by atoms with Gasteiger partial charge < -0.3 is 9.30 Å². The molecule has 35 heavy (non-hydrogen) atoms. The molecule has 0 spiro atoms. The average Bonchev–Trinajstić information content (AvgIpc) is 2.91. The van der Waals surface area contributed by atoms with Gasteiger partial charge in [0.1, 0.15) is 0 Å². The first-order valence-corrected chi connectivity index (χ1v) is 13.2. The Morgan fingerprint density at radius 2 is 1.43 bits per heavy atom. The standard InChI is InChI=1S/C28H33NO2.2C2H6/c1-5-23-20-21(3)29(28(30)26(23)19-13-14-22(4)31-6-2)27(24-15-9-7-10-16-24)25-17-11-8-12-18-25;2*1-2/h7-12,15-18,20,27H,4-6,13-14,19H2,1-3H3;2*1-2H3. The van der Waals surface area contributed by atoms with Gasteiger partial charge in [0, 0.05) is 17.7 Å². The van der Waals surface area contributed by atoms with Crippen molar-refractivity contribution in [2.75, 3.05) is 6.61 Å². The molecule has 0 fully saturated rings. The second-order valence-corrected chi connectivity index (χ2v) is 7.87. The molecule has 0 amide bonds. The highest BCUT2D eigenvalue weighted by Crippen LogP contribution is 2.27. The van der Waals surface area contributed by atoms with E-state index in [0.29, 0.717) is 6.61 Å². The van der Waals surface area contributed by atoms with E-state index in [4.69, 9.17) is 4.74 Å². The van der Waals surface area contributed by atoms with Crippen LogP contribution in [0.25, 0.3) is 0 Å². The number of aromatic nitrogens is 1. The molecule has 0 unspecified atom stereocenters. The number of allylic oxidation sites excluding steroid dienone is 1. The van der Waals surface area contributed by atoms with Gasteiger partial charge >= 0.3 is 0 Å². The lowest BCUT2D eigenvalue weighted by atomic mass is 9.95. The van der Waals surface area contributed by atoms with E-state index in [1.54, 1.807) is 0 Å². The van der Waals surface area contributed by atoms with Crippen molar-refractivity contribution in [2.24, 2.45) is 0 Å². The quantitative estimate of drug-likeness (QED) is 0.276. The van der Waals surface area contributed by atoms with Crippen molar-refractivity contribution < 1.29 is 4.74 Å². The van der Waals surface area contributed by atoms with E-state index in [2.05, 4.69) is 43.8 Å². The molecule has 3 rings (SSSR count). The summed E-state index contributed by atoms with van der Waals surface area (Å²) in [7, 11) is 0. The van der Waals surface area contributed by atoms with Crippen LogP contribution in [0.3, 0.4) is 0 Å².